The second kappa shape index (κ2) is 5.84. The fourth-order valence-electron chi connectivity index (χ4n) is 2.94. The summed E-state index contributed by atoms with van der Waals surface area (Å²) in [5.74, 6) is 0.836. The fourth-order valence-corrected chi connectivity index (χ4v) is 3.16. The summed E-state index contributed by atoms with van der Waals surface area (Å²) in [6.45, 7) is 8.76. The highest BCUT2D eigenvalue weighted by Crippen LogP contribution is 2.47. The largest absolute Gasteiger partial charge is 0.316 e. The predicted octanol–water partition coefficient (Wildman–Crippen LogP) is 3.34. The summed E-state index contributed by atoms with van der Waals surface area (Å²) in [6.07, 6.45) is 4.92. The Labute approximate surface area is 121 Å². The van der Waals surface area contributed by atoms with Crippen LogP contribution in [0.4, 0.5) is 0 Å². The van der Waals surface area contributed by atoms with Gasteiger partial charge in [-0.1, -0.05) is 25.4 Å². The molecule has 0 radical (unpaired) electrons. The topological polar surface area (TPSA) is 29.9 Å². The van der Waals surface area contributed by atoms with Gasteiger partial charge in [0.15, 0.2) is 0 Å². The lowest BCUT2D eigenvalue weighted by Gasteiger charge is -2.30. The standard InChI is InChI=1S/C15H26ClN3/c1-5-8-17-10-15(3,12-6-7-12)9-13-14(16)11(2)18-19(13)4/h12,17H,5-10H2,1-4H3. The number of aromatic nitrogens is 2. The second-order valence-corrected chi connectivity index (χ2v) is 6.63. The van der Waals surface area contributed by atoms with Gasteiger partial charge in [0.25, 0.3) is 0 Å². The van der Waals surface area contributed by atoms with Gasteiger partial charge in [0.1, 0.15) is 0 Å². The average Bonchev–Trinajstić information content (AvgIpc) is 3.16. The van der Waals surface area contributed by atoms with E-state index in [1.165, 1.54) is 25.0 Å². The van der Waals surface area contributed by atoms with Crippen molar-refractivity contribution in [2.24, 2.45) is 18.4 Å². The molecule has 1 saturated carbocycles. The lowest BCUT2D eigenvalue weighted by Crippen LogP contribution is -2.36. The minimum absolute atomic E-state index is 0.305. The van der Waals surface area contributed by atoms with E-state index >= 15 is 0 Å². The Morgan fingerprint density at radius 3 is 2.63 bits per heavy atom. The van der Waals surface area contributed by atoms with E-state index in [1.807, 2.05) is 18.7 Å². The molecule has 0 spiro atoms. The molecule has 3 nitrogen and oxygen atoms in total. The maximum Gasteiger partial charge on any atom is 0.0847 e. The Balaban J connectivity index is 2.11. The Bertz CT molecular complexity index is 437. The van der Waals surface area contributed by atoms with Gasteiger partial charge in [0.05, 0.1) is 16.4 Å². The highest BCUT2D eigenvalue weighted by atomic mass is 35.5. The zero-order chi connectivity index (χ0) is 14.0. The third kappa shape index (κ3) is 3.32. The van der Waals surface area contributed by atoms with Crippen LogP contribution >= 0.6 is 11.6 Å². The molecular weight excluding hydrogens is 258 g/mol. The first-order chi connectivity index (χ1) is 8.98. The van der Waals surface area contributed by atoms with Gasteiger partial charge in [-0.3, -0.25) is 4.68 Å². The summed E-state index contributed by atoms with van der Waals surface area (Å²) >= 11 is 6.40. The Morgan fingerprint density at radius 1 is 1.47 bits per heavy atom. The SMILES string of the molecule is CCCNCC(C)(Cc1c(Cl)c(C)nn1C)C1CC1. The van der Waals surface area contributed by atoms with Crippen LogP contribution in [-0.2, 0) is 13.5 Å². The maximum absolute atomic E-state index is 6.40. The van der Waals surface area contributed by atoms with Crippen LogP contribution < -0.4 is 5.32 Å². The van der Waals surface area contributed by atoms with Gasteiger partial charge in [0.2, 0.25) is 0 Å². The van der Waals surface area contributed by atoms with Crippen molar-refractivity contribution in [1.29, 1.82) is 0 Å². The van der Waals surface area contributed by atoms with Crippen molar-refractivity contribution >= 4 is 11.6 Å². The van der Waals surface area contributed by atoms with Crippen molar-refractivity contribution in [3.63, 3.8) is 0 Å². The van der Waals surface area contributed by atoms with E-state index in [9.17, 15) is 0 Å². The zero-order valence-electron chi connectivity index (χ0n) is 12.6. The quantitative estimate of drug-likeness (QED) is 0.778. The van der Waals surface area contributed by atoms with E-state index in [4.69, 9.17) is 11.6 Å². The molecule has 1 N–H and O–H groups in total. The third-order valence-electron chi connectivity index (χ3n) is 4.35. The molecule has 0 saturated heterocycles. The highest BCUT2D eigenvalue weighted by Gasteiger charge is 2.42. The summed E-state index contributed by atoms with van der Waals surface area (Å²) < 4.78 is 1.96. The number of hydrogen-bond donors (Lipinski definition) is 1. The molecule has 1 unspecified atom stereocenters. The van der Waals surface area contributed by atoms with Gasteiger partial charge >= 0.3 is 0 Å². The van der Waals surface area contributed by atoms with Crippen molar-refractivity contribution in [3.8, 4) is 0 Å². The molecule has 4 heteroatoms. The Morgan fingerprint density at radius 2 is 2.16 bits per heavy atom. The van der Waals surface area contributed by atoms with Crippen molar-refractivity contribution in [2.75, 3.05) is 13.1 Å². The second-order valence-electron chi connectivity index (χ2n) is 6.25. The number of hydrogen-bond acceptors (Lipinski definition) is 2. The van der Waals surface area contributed by atoms with Crippen LogP contribution in [-0.4, -0.2) is 22.9 Å². The van der Waals surface area contributed by atoms with Crippen molar-refractivity contribution < 1.29 is 0 Å². The Kier molecular flexibility index (Phi) is 4.57. The smallest absolute Gasteiger partial charge is 0.0847 e. The third-order valence-corrected chi connectivity index (χ3v) is 4.84. The van der Waals surface area contributed by atoms with Crippen molar-refractivity contribution in [3.05, 3.63) is 16.4 Å². The maximum atomic E-state index is 6.40. The molecule has 1 aromatic rings. The first-order valence-electron chi connectivity index (χ1n) is 7.36. The Hall–Kier alpha value is -0.540. The first kappa shape index (κ1) is 14.9. The van der Waals surface area contributed by atoms with Gasteiger partial charge in [-0.05, 0) is 50.5 Å². The molecule has 1 fully saturated rings. The summed E-state index contributed by atoms with van der Waals surface area (Å²) in [4.78, 5) is 0. The van der Waals surface area contributed by atoms with Crippen LogP contribution in [0.3, 0.4) is 0 Å². The molecule has 0 aromatic carbocycles. The molecule has 0 amide bonds. The molecule has 1 aliphatic rings. The lowest BCUT2D eigenvalue weighted by atomic mass is 9.80. The molecule has 1 aromatic heterocycles. The summed E-state index contributed by atoms with van der Waals surface area (Å²) in [6, 6.07) is 0. The van der Waals surface area contributed by atoms with Crippen LogP contribution in [0.5, 0.6) is 0 Å². The van der Waals surface area contributed by atoms with E-state index in [-0.39, 0.29) is 0 Å². The number of aryl methyl sites for hydroxylation is 2. The van der Waals surface area contributed by atoms with E-state index in [1.54, 1.807) is 0 Å². The van der Waals surface area contributed by atoms with Gasteiger partial charge in [-0.25, -0.2) is 0 Å². The molecule has 2 rings (SSSR count). The number of halogens is 1. The summed E-state index contributed by atoms with van der Waals surface area (Å²) in [5, 5.41) is 8.88. The van der Waals surface area contributed by atoms with E-state index in [0.717, 1.165) is 36.1 Å². The number of nitrogens with one attached hydrogen (secondary N) is 1. The monoisotopic (exact) mass is 283 g/mol. The molecular formula is C15H26ClN3. The highest BCUT2D eigenvalue weighted by molar-refractivity contribution is 6.31. The molecule has 1 aliphatic carbocycles. The normalized spacial score (nSPS) is 18.6. The van der Waals surface area contributed by atoms with Crippen LogP contribution in [0.1, 0.15) is 44.5 Å². The first-order valence-corrected chi connectivity index (χ1v) is 7.74. The number of nitrogens with zero attached hydrogens (tertiary/aromatic N) is 2. The van der Waals surface area contributed by atoms with Gasteiger partial charge in [-0.15, -0.1) is 0 Å². The van der Waals surface area contributed by atoms with Crippen LogP contribution in [0.25, 0.3) is 0 Å². The summed E-state index contributed by atoms with van der Waals surface area (Å²) in [5.41, 5.74) is 2.43. The predicted molar refractivity (Wildman–Crippen MR) is 80.7 cm³/mol. The lowest BCUT2D eigenvalue weighted by molar-refractivity contribution is 0.251. The minimum atomic E-state index is 0.305. The fraction of sp³-hybridized carbons (Fsp3) is 0.800. The molecule has 108 valence electrons. The average molecular weight is 284 g/mol. The number of rotatable bonds is 7. The van der Waals surface area contributed by atoms with E-state index in [0.29, 0.717) is 5.41 Å². The van der Waals surface area contributed by atoms with Crippen molar-refractivity contribution in [2.45, 2.75) is 46.5 Å². The van der Waals surface area contributed by atoms with Crippen LogP contribution in [0, 0.1) is 18.3 Å². The van der Waals surface area contributed by atoms with Gasteiger partial charge in [-0.2, -0.15) is 5.10 Å². The van der Waals surface area contributed by atoms with Gasteiger partial charge in [0, 0.05) is 13.6 Å². The molecule has 1 atom stereocenters. The molecule has 19 heavy (non-hydrogen) atoms. The van der Waals surface area contributed by atoms with E-state index < -0.39 is 0 Å². The summed E-state index contributed by atoms with van der Waals surface area (Å²) in [7, 11) is 2.00. The molecule has 0 bridgehead atoms. The van der Waals surface area contributed by atoms with Crippen LogP contribution in [0.2, 0.25) is 5.02 Å². The van der Waals surface area contributed by atoms with Crippen molar-refractivity contribution in [1.82, 2.24) is 15.1 Å². The van der Waals surface area contributed by atoms with E-state index in [2.05, 4.69) is 24.3 Å². The molecule has 1 heterocycles. The van der Waals surface area contributed by atoms with Gasteiger partial charge < -0.3 is 5.32 Å². The minimum Gasteiger partial charge on any atom is -0.316 e. The zero-order valence-corrected chi connectivity index (χ0v) is 13.3. The molecule has 0 aliphatic heterocycles. The van der Waals surface area contributed by atoms with Crippen LogP contribution in [0.15, 0.2) is 0 Å².